The van der Waals surface area contributed by atoms with Crippen LogP contribution in [-0.2, 0) is 16.1 Å². The van der Waals surface area contributed by atoms with Gasteiger partial charge in [0.1, 0.15) is 0 Å². The highest BCUT2D eigenvalue weighted by Gasteiger charge is 2.31. The van der Waals surface area contributed by atoms with Crippen LogP contribution >= 0.6 is 0 Å². The van der Waals surface area contributed by atoms with E-state index < -0.39 is 5.92 Å². The van der Waals surface area contributed by atoms with Crippen molar-refractivity contribution in [1.82, 2.24) is 4.57 Å². The van der Waals surface area contributed by atoms with Gasteiger partial charge in [-0.1, -0.05) is 36.4 Å². The maximum atomic E-state index is 12.7. The Morgan fingerprint density at radius 2 is 1.76 bits per heavy atom. The molecular formula is C24H21N3O2. The summed E-state index contributed by atoms with van der Waals surface area (Å²) in [4.78, 5) is 25.0. The predicted octanol–water partition coefficient (Wildman–Crippen LogP) is 4.88. The highest BCUT2D eigenvalue weighted by molar-refractivity contribution is 6.10. The van der Waals surface area contributed by atoms with E-state index in [2.05, 4.69) is 34.3 Å². The first-order valence-electron chi connectivity index (χ1n) is 9.86. The van der Waals surface area contributed by atoms with Crippen LogP contribution in [0, 0.1) is 0 Å². The lowest BCUT2D eigenvalue weighted by atomic mass is 9.97. The summed E-state index contributed by atoms with van der Waals surface area (Å²) in [5.41, 5.74) is 4.76. The number of nitrogens with zero attached hydrogens (tertiary/aromatic N) is 1. The van der Waals surface area contributed by atoms with Gasteiger partial charge in [0.05, 0.1) is 5.92 Å². The van der Waals surface area contributed by atoms with Gasteiger partial charge in [-0.05, 0) is 42.8 Å². The Balaban J connectivity index is 1.43. The lowest BCUT2D eigenvalue weighted by Crippen LogP contribution is -2.20. The highest BCUT2D eigenvalue weighted by Crippen LogP contribution is 2.35. The lowest BCUT2D eigenvalue weighted by Gasteiger charge is -2.10. The molecule has 1 aliphatic heterocycles. The molecule has 0 bridgehead atoms. The second-order valence-electron chi connectivity index (χ2n) is 7.37. The molecule has 4 aromatic rings. The number of anilines is 2. The minimum atomic E-state index is -0.447. The molecule has 1 atom stereocenters. The van der Waals surface area contributed by atoms with Crippen LogP contribution in [0.1, 0.15) is 24.8 Å². The predicted molar refractivity (Wildman–Crippen MR) is 116 cm³/mol. The van der Waals surface area contributed by atoms with E-state index in [1.165, 1.54) is 10.9 Å². The number of aromatic nitrogens is 1. The molecule has 5 heteroatoms. The van der Waals surface area contributed by atoms with E-state index in [4.69, 9.17) is 0 Å². The summed E-state index contributed by atoms with van der Waals surface area (Å²) < 4.78 is 2.27. The summed E-state index contributed by atoms with van der Waals surface area (Å²) in [5.74, 6) is -0.736. The summed E-state index contributed by atoms with van der Waals surface area (Å²) in [6.45, 7) is 3.01. The Bertz CT molecular complexity index is 1270. The summed E-state index contributed by atoms with van der Waals surface area (Å²) in [6, 6.07) is 21.8. The zero-order valence-corrected chi connectivity index (χ0v) is 16.1. The summed E-state index contributed by atoms with van der Waals surface area (Å²) in [7, 11) is 0. The number of fused-ring (bicyclic) bond motifs is 4. The van der Waals surface area contributed by atoms with Crippen LogP contribution in [0.3, 0.4) is 0 Å². The normalized spacial score (nSPS) is 15.5. The minimum absolute atomic E-state index is 0.122. The van der Waals surface area contributed by atoms with Gasteiger partial charge in [0.2, 0.25) is 11.8 Å². The molecule has 0 fully saturated rings. The molecule has 0 saturated heterocycles. The van der Waals surface area contributed by atoms with Crippen molar-refractivity contribution in [2.75, 3.05) is 10.6 Å². The van der Waals surface area contributed by atoms with E-state index >= 15 is 0 Å². The second kappa shape index (κ2) is 6.78. The van der Waals surface area contributed by atoms with E-state index in [1.54, 1.807) is 0 Å². The quantitative estimate of drug-likeness (QED) is 0.528. The molecule has 29 heavy (non-hydrogen) atoms. The number of hydrogen-bond donors (Lipinski definition) is 2. The fraction of sp³-hybridized carbons (Fsp3) is 0.167. The SMILES string of the molecule is CCn1c2ccccc2c2cc(NC(=O)C[C@H]3C(=O)Nc4ccccc43)ccc21. The van der Waals surface area contributed by atoms with Crippen molar-refractivity contribution in [3.63, 3.8) is 0 Å². The Morgan fingerprint density at radius 3 is 2.62 bits per heavy atom. The van der Waals surface area contributed by atoms with E-state index in [0.29, 0.717) is 0 Å². The van der Waals surface area contributed by atoms with Crippen LogP contribution in [-0.4, -0.2) is 16.4 Å². The van der Waals surface area contributed by atoms with Gasteiger partial charge < -0.3 is 15.2 Å². The summed E-state index contributed by atoms with van der Waals surface area (Å²) >= 11 is 0. The number of benzene rings is 3. The molecule has 5 rings (SSSR count). The zero-order chi connectivity index (χ0) is 20.0. The number of nitrogens with one attached hydrogen (secondary N) is 2. The van der Waals surface area contributed by atoms with Crippen molar-refractivity contribution in [2.24, 2.45) is 0 Å². The summed E-state index contributed by atoms with van der Waals surface area (Å²) in [5, 5.41) is 8.11. The molecule has 144 valence electrons. The Hall–Kier alpha value is -3.60. The van der Waals surface area contributed by atoms with E-state index in [0.717, 1.165) is 34.4 Å². The largest absolute Gasteiger partial charge is 0.341 e. The standard InChI is InChI=1S/C24H21N3O2/c1-2-27-21-10-6-4-8-17(21)18-13-15(11-12-22(18)27)25-23(28)14-19-16-7-3-5-9-20(16)26-24(19)29/h3-13,19H,2,14H2,1H3,(H,25,28)(H,26,29)/t19-/m1/s1. The topological polar surface area (TPSA) is 63.1 Å². The Kier molecular flexibility index (Phi) is 4.09. The van der Waals surface area contributed by atoms with Crippen LogP contribution < -0.4 is 10.6 Å². The first-order chi connectivity index (χ1) is 14.2. The van der Waals surface area contributed by atoms with Gasteiger partial charge in [0.25, 0.3) is 0 Å². The van der Waals surface area contributed by atoms with E-state index in [9.17, 15) is 9.59 Å². The number of amides is 2. The molecule has 1 aromatic heterocycles. The number of para-hydroxylation sites is 2. The van der Waals surface area contributed by atoms with Gasteiger partial charge in [0, 0.05) is 46.1 Å². The molecule has 0 unspecified atom stereocenters. The van der Waals surface area contributed by atoms with Gasteiger partial charge in [-0.25, -0.2) is 0 Å². The fourth-order valence-electron chi connectivity index (χ4n) is 4.35. The van der Waals surface area contributed by atoms with Crippen LogP contribution in [0.25, 0.3) is 21.8 Å². The molecule has 5 nitrogen and oxygen atoms in total. The highest BCUT2D eigenvalue weighted by atomic mass is 16.2. The molecule has 0 aliphatic carbocycles. The average molecular weight is 383 g/mol. The van der Waals surface area contributed by atoms with Crippen molar-refractivity contribution >= 4 is 45.0 Å². The molecule has 0 spiro atoms. The van der Waals surface area contributed by atoms with Gasteiger partial charge in [0.15, 0.2) is 0 Å². The molecule has 2 N–H and O–H groups in total. The van der Waals surface area contributed by atoms with Gasteiger partial charge in [-0.2, -0.15) is 0 Å². The minimum Gasteiger partial charge on any atom is -0.341 e. The van der Waals surface area contributed by atoms with Gasteiger partial charge in [-0.15, -0.1) is 0 Å². The van der Waals surface area contributed by atoms with Crippen LogP contribution in [0.2, 0.25) is 0 Å². The number of carbonyl (C=O) groups excluding carboxylic acids is 2. The third-order valence-electron chi connectivity index (χ3n) is 5.67. The summed E-state index contributed by atoms with van der Waals surface area (Å²) in [6.07, 6.45) is 0.123. The van der Waals surface area contributed by atoms with Crippen molar-refractivity contribution in [1.29, 1.82) is 0 Å². The van der Waals surface area contributed by atoms with Crippen LogP contribution in [0.15, 0.2) is 66.7 Å². The molecule has 2 heterocycles. The Labute approximate surface area is 168 Å². The van der Waals surface area contributed by atoms with Crippen molar-refractivity contribution in [2.45, 2.75) is 25.8 Å². The van der Waals surface area contributed by atoms with Crippen molar-refractivity contribution in [3.05, 3.63) is 72.3 Å². The van der Waals surface area contributed by atoms with Crippen LogP contribution in [0.5, 0.6) is 0 Å². The first-order valence-corrected chi connectivity index (χ1v) is 9.86. The van der Waals surface area contributed by atoms with E-state index in [-0.39, 0.29) is 18.2 Å². The van der Waals surface area contributed by atoms with Gasteiger partial charge in [-0.3, -0.25) is 9.59 Å². The van der Waals surface area contributed by atoms with Gasteiger partial charge >= 0.3 is 0 Å². The molecule has 0 radical (unpaired) electrons. The molecule has 1 aliphatic rings. The molecule has 2 amide bonds. The molecular weight excluding hydrogens is 362 g/mol. The second-order valence-corrected chi connectivity index (χ2v) is 7.37. The van der Waals surface area contributed by atoms with Crippen LogP contribution in [0.4, 0.5) is 11.4 Å². The average Bonchev–Trinajstić information content (AvgIpc) is 3.22. The fourth-order valence-corrected chi connectivity index (χ4v) is 4.35. The number of hydrogen-bond acceptors (Lipinski definition) is 2. The maximum Gasteiger partial charge on any atom is 0.232 e. The first kappa shape index (κ1) is 17.5. The zero-order valence-electron chi connectivity index (χ0n) is 16.1. The number of aryl methyl sites for hydroxylation is 1. The third-order valence-corrected chi connectivity index (χ3v) is 5.67. The Morgan fingerprint density at radius 1 is 1.00 bits per heavy atom. The third kappa shape index (κ3) is 2.86. The number of carbonyl (C=O) groups is 2. The van der Waals surface area contributed by atoms with Crippen molar-refractivity contribution < 1.29 is 9.59 Å². The monoisotopic (exact) mass is 383 g/mol. The lowest BCUT2D eigenvalue weighted by molar-refractivity contribution is -0.122. The smallest absolute Gasteiger partial charge is 0.232 e. The molecule has 0 saturated carbocycles. The van der Waals surface area contributed by atoms with E-state index in [1.807, 2.05) is 54.6 Å². The molecule has 3 aromatic carbocycles. The maximum absolute atomic E-state index is 12.7. The number of rotatable bonds is 4. The van der Waals surface area contributed by atoms with Crippen molar-refractivity contribution in [3.8, 4) is 0 Å².